The second kappa shape index (κ2) is 4.52. The van der Waals surface area contributed by atoms with E-state index in [1.54, 1.807) is 0 Å². The standard InChI is InChI=1S/C8H7BrF2N2O2/c9-3-1-4(12)5(2-6(14)15)13-7(3)8(10)11/h1,8H,2,12H2,(H,14,15). The maximum absolute atomic E-state index is 12.4. The van der Waals surface area contributed by atoms with Crippen LogP contribution in [0.3, 0.4) is 0 Å². The molecule has 0 aliphatic carbocycles. The van der Waals surface area contributed by atoms with Crippen molar-refractivity contribution in [1.29, 1.82) is 0 Å². The van der Waals surface area contributed by atoms with Gasteiger partial charge in [0.25, 0.3) is 6.43 Å². The van der Waals surface area contributed by atoms with E-state index < -0.39 is 24.5 Å². The molecule has 0 bridgehead atoms. The van der Waals surface area contributed by atoms with E-state index >= 15 is 0 Å². The number of aliphatic carboxylic acids is 1. The molecule has 82 valence electrons. The van der Waals surface area contributed by atoms with Gasteiger partial charge in [0.15, 0.2) is 0 Å². The van der Waals surface area contributed by atoms with Crippen LogP contribution in [0.5, 0.6) is 0 Å². The summed E-state index contributed by atoms with van der Waals surface area (Å²) in [6.07, 6.45) is -3.24. The largest absolute Gasteiger partial charge is 0.481 e. The summed E-state index contributed by atoms with van der Waals surface area (Å²) in [5, 5.41) is 8.50. The molecular formula is C8H7BrF2N2O2. The molecule has 1 heterocycles. The second-order valence-electron chi connectivity index (χ2n) is 2.76. The van der Waals surface area contributed by atoms with Crippen LogP contribution in [0.4, 0.5) is 14.5 Å². The Labute approximate surface area is 92.2 Å². The Hall–Kier alpha value is -1.24. The molecule has 4 nitrogen and oxygen atoms in total. The Kier molecular flexibility index (Phi) is 3.57. The van der Waals surface area contributed by atoms with Gasteiger partial charge in [0.1, 0.15) is 5.69 Å². The van der Waals surface area contributed by atoms with Crippen molar-refractivity contribution < 1.29 is 18.7 Å². The smallest absolute Gasteiger partial charge is 0.309 e. The molecule has 0 aromatic carbocycles. The minimum Gasteiger partial charge on any atom is -0.481 e. The molecule has 1 rings (SSSR count). The predicted molar refractivity (Wildman–Crippen MR) is 52.6 cm³/mol. The van der Waals surface area contributed by atoms with E-state index in [4.69, 9.17) is 10.8 Å². The van der Waals surface area contributed by atoms with Crippen molar-refractivity contribution in [3.05, 3.63) is 21.9 Å². The molecule has 1 aromatic rings. The molecule has 0 amide bonds. The Morgan fingerprint density at radius 1 is 1.67 bits per heavy atom. The minimum absolute atomic E-state index is 0.0546. The third kappa shape index (κ3) is 2.85. The van der Waals surface area contributed by atoms with Crippen LogP contribution in [0.2, 0.25) is 0 Å². The highest BCUT2D eigenvalue weighted by atomic mass is 79.9. The number of nitrogens with zero attached hydrogens (tertiary/aromatic N) is 1. The van der Waals surface area contributed by atoms with E-state index in [-0.39, 0.29) is 15.9 Å². The van der Waals surface area contributed by atoms with E-state index in [1.165, 1.54) is 6.07 Å². The Bertz CT molecular complexity index is 398. The van der Waals surface area contributed by atoms with E-state index in [1.807, 2.05) is 0 Å². The van der Waals surface area contributed by atoms with Gasteiger partial charge in [-0.1, -0.05) is 0 Å². The number of carboxylic acid groups (broad SMARTS) is 1. The summed E-state index contributed by atoms with van der Waals surface area (Å²) in [7, 11) is 0. The van der Waals surface area contributed by atoms with Crippen LogP contribution in [0.25, 0.3) is 0 Å². The summed E-state index contributed by atoms with van der Waals surface area (Å²) < 4.78 is 24.9. The van der Waals surface area contributed by atoms with Crippen molar-refractivity contribution >= 4 is 27.6 Å². The van der Waals surface area contributed by atoms with Crippen LogP contribution in [0, 0.1) is 0 Å². The van der Waals surface area contributed by atoms with Crippen molar-refractivity contribution in [1.82, 2.24) is 4.98 Å². The van der Waals surface area contributed by atoms with Crippen LogP contribution < -0.4 is 5.73 Å². The molecule has 0 aliphatic rings. The van der Waals surface area contributed by atoms with Gasteiger partial charge in [0.2, 0.25) is 0 Å². The Morgan fingerprint density at radius 2 is 2.27 bits per heavy atom. The van der Waals surface area contributed by atoms with Gasteiger partial charge < -0.3 is 10.8 Å². The molecule has 7 heteroatoms. The normalized spacial score (nSPS) is 10.7. The number of anilines is 1. The molecule has 1 aromatic heterocycles. The van der Waals surface area contributed by atoms with Gasteiger partial charge in [-0.15, -0.1) is 0 Å². The monoisotopic (exact) mass is 280 g/mol. The van der Waals surface area contributed by atoms with E-state index in [0.29, 0.717) is 0 Å². The fourth-order valence-corrected chi connectivity index (χ4v) is 1.50. The summed E-state index contributed by atoms with van der Waals surface area (Å²) in [5.74, 6) is -1.17. The second-order valence-corrected chi connectivity index (χ2v) is 3.62. The number of rotatable bonds is 3. The summed E-state index contributed by atoms with van der Waals surface area (Å²) >= 11 is 2.88. The lowest BCUT2D eigenvalue weighted by molar-refractivity contribution is -0.136. The number of nitrogens with two attached hydrogens (primary N) is 1. The highest BCUT2D eigenvalue weighted by molar-refractivity contribution is 9.10. The van der Waals surface area contributed by atoms with Crippen LogP contribution in [0.1, 0.15) is 17.8 Å². The van der Waals surface area contributed by atoms with E-state index in [0.717, 1.165) is 0 Å². The molecule has 0 atom stereocenters. The van der Waals surface area contributed by atoms with Gasteiger partial charge in [-0.3, -0.25) is 4.79 Å². The van der Waals surface area contributed by atoms with Gasteiger partial charge in [0, 0.05) is 4.47 Å². The first-order chi connectivity index (χ1) is 6.91. The molecule has 0 aliphatic heterocycles. The SMILES string of the molecule is Nc1cc(Br)c(C(F)F)nc1CC(=O)O. The van der Waals surface area contributed by atoms with Gasteiger partial charge in [-0.2, -0.15) is 0 Å². The molecule has 0 saturated carbocycles. The maximum atomic E-state index is 12.4. The first kappa shape index (κ1) is 11.8. The molecule has 0 fully saturated rings. The maximum Gasteiger partial charge on any atom is 0.309 e. The molecule has 0 radical (unpaired) electrons. The third-order valence-electron chi connectivity index (χ3n) is 1.64. The average Bonchev–Trinajstić information content (AvgIpc) is 2.08. The lowest BCUT2D eigenvalue weighted by Crippen LogP contribution is -2.08. The zero-order chi connectivity index (χ0) is 11.6. The Balaban J connectivity index is 3.17. The number of halogens is 3. The third-order valence-corrected chi connectivity index (χ3v) is 2.28. The fraction of sp³-hybridized carbons (Fsp3) is 0.250. The summed E-state index contributed by atoms with van der Waals surface area (Å²) in [6.45, 7) is 0. The number of carbonyl (C=O) groups is 1. The quantitative estimate of drug-likeness (QED) is 0.888. The molecule has 0 spiro atoms. The van der Waals surface area contributed by atoms with Crippen molar-refractivity contribution in [2.24, 2.45) is 0 Å². The topological polar surface area (TPSA) is 76.2 Å². The number of hydrogen-bond acceptors (Lipinski definition) is 3. The minimum atomic E-state index is -2.77. The number of pyridine rings is 1. The van der Waals surface area contributed by atoms with Crippen molar-refractivity contribution in [2.45, 2.75) is 12.8 Å². The molecule has 0 unspecified atom stereocenters. The fourth-order valence-electron chi connectivity index (χ4n) is 0.995. The van der Waals surface area contributed by atoms with Crippen molar-refractivity contribution in [2.75, 3.05) is 5.73 Å². The van der Waals surface area contributed by atoms with E-state index in [9.17, 15) is 13.6 Å². The summed E-state index contributed by atoms with van der Waals surface area (Å²) in [4.78, 5) is 13.9. The van der Waals surface area contributed by atoms with Crippen LogP contribution in [-0.2, 0) is 11.2 Å². The van der Waals surface area contributed by atoms with Gasteiger partial charge >= 0.3 is 5.97 Å². The molecular weight excluding hydrogens is 274 g/mol. The summed E-state index contributed by atoms with van der Waals surface area (Å²) in [6, 6.07) is 1.23. The number of hydrogen-bond donors (Lipinski definition) is 2. The van der Waals surface area contributed by atoms with Crippen LogP contribution in [0.15, 0.2) is 10.5 Å². The van der Waals surface area contributed by atoms with E-state index in [2.05, 4.69) is 20.9 Å². The molecule has 15 heavy (non-hydrogen) atoms. The lowest BCUT2D eigenvalue weighted by atomic mass is 10.2. The zero-order valence-electron chi connectivity index (χ0n) is 7.38. The van der Waals surface area contributed by atoms with Gasteiger partial charge in [-0.05, 0) is 22.0 Å². The molecule has 0 saturated heterocycles. The number of carboxylic acids is 1. The van der Waals surface area contributed by atoms with Crippen LogP contribution in [-0.4, -0.2) is 16.1 Å². The number of aromatic nitrogens is 1. The van der Waals surface area contributed by atoms with Crippen molar-refractivity contribution in [3.8, 4) is 0 Å². The van der Waals surface area contributed by atoms with Crippen molar-refractivity contribution in [3.63, 3.8) is 0 Å². The average molecular weight is 281 g/mol. The zero-order valence-corrected chi connectivity index (χ0v) is 8.96. The Morgan fingerprint density at radius 3 is 2.73 bits per heavy atom. The predicted octanol–water partition coefficient (Wildman–Crippen LogP) is 1.99. The van der Waals surface area contributed by atoms with Crippen LogP contribution >= 0.6 is 15.9 Å². The lowest BCUT2D eigenvalue weighted by Gasteiger charge is -2.07. The highest BCUT2D eigenvalue weighted by Crippen LogP contribution is 2.28. The number of nitrogen functional groups attached to an aromatic ring is 1. The highest BCUT2D eigenvalue weighted by Gasteiger charge is 2.17. The molecule has 3 N–H and O–H groups in total. The van der Waals surface area contributed by atoms with Gasteiger partial charge in [0.05, 0.1) is 17.8 Å². The summed E-state index contributed by atoms with van der Waals surface area (Å²) in [5.41, 5.74) is 4.96. The first-order valence-electron chi connectivity index (χ1n) is 3.86. The first-order valence-corrected chi connectivity index (χ1v) is 4.66. The van der Waals surface area contributed by atoms with Gasteiger partial charge in [-0.25, -0.2) is 13.8 Å². The number of alkyl halides is 2.